The van der Waals surface area contributed by atoms with Gasteiger partial charge in [0.25, 0.3) is 0 Å². The fraction of sp³-hybridized carbons (Fsp3) is 0.667. The van der Waals surface area contributed by atoms with E-state index in [0.717, 1.165) is 6.42 Å². The fourth-order valence-electron chi connectivity index (χ4n) is 3.85. The van der Waals surface area contributed by atoms with Gasteiger partial charge in [0.1, 0.15) is 6.54 Å². The van der Waals surface area contributed by atoms with Gasteiger partial charge in [0, 0.05) is 0 Å². The van der Waals surface area contributed by atoms with Gasteiger partial charge in [-0.25, -0.2) is 0 Å². The first-order chi connectivity index (χ1) is 14.8. The van der Waals surface area contributed by atoms with Gasteiger partial charge in [-0.3, -0.25) is 4.79 Å². The molecule has 170 valence electrons. The molecule has 0 unspecified atom stereocenters. The van der Waals surface area contributed by atoms with Gasteiger partial charge >= 0.3 is 5.97 Å². The molecule has 0 aliphatic heterocycles. The SMILES string of the molecule is O=C(O)CNC=CCCCCCCCCCCCCCCCCCc1ccccc1. The number of hydrogen-bond donors (Lipinski definition) is 2. The molecule has 0 atom stereocenters. The maximum absolute atomic E-state index is 10.3. The predicted octanol–water partition coefficient (Wildman–Crippen LogP) is 7.66. The number of aryl methyl sites for hydroxylation is 1. The van der Waals surface area contributed by atoms with Crippen LogP contribution in [-0.4, -0.2) is 17.6 Å². The van der Waals surface area contributed by atoms with Crippen LogP contribution in [0.25, 0.3) is 0 Å². The number of nitrogens with one attached hydrogen (secondary N) is 1. The van der Waals surface area contributed by atoms with Gasteiger partial charge in [-0.2, -0.15) is 0 Å². The van der Waals surface area contributed by atoms with E-state index in [4.69, 9.17) is 5.11 Å². The van der Waals surface area contributed by atoms with Gasteiger partial charge in [0.15, 0.2) is 0 Å². The van der Waals surface area contributed by atoms with Crippen molar-refractivity contribution in [1.82, 2.24) is 5.32 Å². The van der Waals surface area contributed by atoms with Crippen LogP contribution in [0.3, 0.4) is 0 Å². The standard InChI is InChI=1S/C27H45NO2/c29-27(30)25-28-24-20-15-13-11-9-7-5-3-1-2-4-6-8-10-12-14-17-21-26-22-18-16-19-23-26/h16,18-20,22-24,28H,1-15,17,21,25H2,(H,29,30). The van der Waals surface area contributed by atoms with Crippen molar-refractivity contribution in [3.63, 3.8) is 0 Å². The van der Waals surface area contributed by atoms with Crippen LogP contribution >= 0.6 is 0 Å². The molecule has 0 heterocycles. The monoisotopic (exact) mass is 415 g/mol. The number of carboxylic acid groups (broad SMARTS) is 1. The molecule has 0 amide bonds. The van der Waals surface area contributed by atoms with E-state index in [9.17, 15) is 4.79 Å². The van der Waals surface area contributed by atoms with E-state index in [0.29, 0.717) is 0 Å². The lowest BCUT2D eigenvalue weighted by molar-refractivity contribution is -0.135. The van der Waals surface area contributed by atoms with Crippen LogP contribution in [0.5, 0.6) is 0 Å². The van der Waals surface area contributed by atoms with Crippen molar-refractivity contribution in [2.24, 2.45) is 0 Å². The molecule has 1 aromatic rings. The minimum absolute atomic E-state index is 0.00565. The van der Waals surface area contributed by atoms with E-state index in [1.54, 1.807) is 6.20 Å². The minimum Gasteiger partial charge on any atom is -0.480 e. The van der Waals surface area contributed by atoms with Gasteiger partial charge in [0.2, 0.25) is 0 Å². The van der Waals surface area contributed by atoms with E-state index in [2.05, 4.69) is 35.6 Å². The van der Waals surface area contributed by atoms with Crippen LogP contribution in [0, 0.1) is 0 Å². The lowest BCUT2D eigenvalue weighted by Crippen LogP contribution is -2.16. The number of unbranched alkanes of at least 4 members (excludes halogenated alkanes) is 15. The van der Waals surface area contributed by atoms with Crippen LogP contribution in [-0.2, 0) is 11.2 Å². The Morgan fingerprint density at radius 2 is 1.17 bits per heavy atom. The molecule has 0 bridgehead atoms. The second-order valence-electron chi connectivity index (χ2n) is 8.50. The van der Waals surface area contributed by atoms with Crippen molar-refractivity contribution in [3.8, 4) is 0 Å². The van der Waals surface area contributed by atoms with Gasteiger partial charge in [0.05, 0.1) is 0 Å². The number of benzene rings is 1. The molecule has 1 aromatic carbocycles. The number of rotatable bonds is 21. The number of allylic oxidation sites excluding steroid dienone is 1. The number of carbonyl (C=O) groups is 1. The van der Waals surface area contributed by atoms with Crippen molar-refractivity contribution >= 4 is 5.97 Å². The molecular formula is C27H45NO2. The summed E-state index contributed by atoms with van der Waals surface area (Å²) in [6, 6.07) is 10.9. The summed E-state index contributed by atoms with van der Waals surface area (Å²) in [6.07, 6.45) is 26.7. The maximum atomic E-state index is 10.3. The summed E-state index contributed by atoms with van der Waals surface area (Å²) in [5, 5.41) is 11.3. The molecule has 0 aliphatic carbocycles. The van der Waals surface area contributed by atoms with Crippen LogP contribution in [0.2, 0.25) is 0 Å². The molecule has 0 aliphatic rings. The van der Waals surface area contributed by atoms with Gasteiger partial charge in [-0.1, -0.05) is 120 Å². The normalized spacial score (nSPS) is 11.2. The number of carboxylic acids is 1. The van der Waals surface area contributed by atoms with Gasteiger partial charge in [-0.15, -0.1) is 0 Å². The zero-order valence-electron chi connectivity index (χ0n) is 19.1. The zero-order valence-corrected chi connectivity index (χ0v) is 19.1. The number of aliphatic carboxylic acids is 1. The third-order valence-electron chi connectivity index (χ3n) is 5.67. The van der Waals surface area contributed by atoms with E-state index in [1.807, 2.05) is 6.08 Å². The van der Waals surface area contributed by atoms with Crippen LogP contribution in [0.15, 0.2) is 42.6 Å². The Labute approximate surface area is 185 Å². The molecule has 3 heteroatoms. The summed E-state index contributed by atoms with van der Waals surface area (Å²) in [5.74, 6) is -0.815. The largest absolute Gasteiger partial charge is 0.480 e. The van der Waals surface area contributed by atoms with Crippen molar-refractivity contribution in [3.05, 3.63) is 48.2 Å². The average Bonchev–Trinajstić information content (AvgIpc) is 2.75. The Kier molecular flexibility index (Phi) is 17.9. The molecule has 0 saturated carbocycles. The average molecular weight is 416 g/mol. The van der Waals surface area contributed by atoms with E-state index in [-0.39, 0.29) is 6.54 Å². The van der Waals surface area contributed by atoms with E-state index < -0.39 is 5.97 Å². The highest BCUT2D eigenvalue weighted by Crippen LogP contribution is 2.14. The lowest BCUT2D eigenvalue weighted by Gasteiger charge is -2.04. The molecule has 0 saturated heterocycles. The van der Waals surface area contributed by atoms with Crippen molar-refractivity contribution in [2.45, 2.75) is 109 Å². The second kappa shape index (κ2) is 20.5. The quantitative estimate of drug-likeness (QED) is 0.203. The topological polar surface area (TPSA) is 49.3 Å². The zero-order chi connectivity index (χ0) is 21.5. The molecule has 2 N–H and O–H groups in total. The highest BCUT2D eigenvalue weighted by molar-refractivity contribution is 5.69. The predicted molar refractivity (Wildman–Crippen MR) is 129 cm³/mol. The molecule has 0 aromatic heterocycles. The van der Waals surface area contributed by atoms with Gasteiger partial charge < -0.3 is 10.4 Å². The minimum atomic E-state index is -0.815. The molecule has 3 nitrogen and oxygen atoms in total. The third-order valence-corrected chi connectivity index (χ3v) is 5.67. The second-order valence-corrected chi connectivity index (χ2v) is 8.50. The Hall–Kier alpha value is -1.77. The first-order valence-electron chi connectivity index (χ1n) is 12.4. The summed E-state index contributed by atoms with van der Waals surface area (Å²) in [5.41, 5.74) is 1.48. The lowest BCUT2D eigenvalue weighted by atomic mass is 10.0. The Bertz CT molecular complexity index is 527. The third kappa shape index (κ3) is 18.3. The molecule has 0 spiro atoms. The van der Waals surface area contributed by atoms with Crippen molar-refractivity contribution in [1.29, 1.82) is 0 Å². The summed E-state index contributed by atoms with van der Waals surface area (Å²) >= 11 is 0. The molecule has 30 heavy (non-hydrogen) atoms. The van der Waals surface area contributed by atoms with Crippen molar-refractivity contribution < 1.29 is 9.90 Å². The highest BCUT2D eigenvalue weighted by atomic mass is 16.4. The Balaban J connectivity index is 1.69. The molecule has 0 radical (unpaired) electrons. The van der Waals surface area contributed by atoms with Crippen LogP contribution in [0.4, 0.5) is 0 Å². The first-order valence-corrected chi connectivity index (χ1v) is 12.4. The summed E-state index contributed by atoms with van der Waals surface area (Å²) in [6.45, 7) is 0.00565. The highest BCUT2D eigenvalue weighted by Gasteiger charge is 1.96. The number of hydrogen-bond acceptors (Lipinski definition) is 2. The molecule has 0 fully saturated rings. The summed E-state index contributed by atoms with van der Waals surface area (Å²) in [7, 11) is 0. The van der Waals surface area contributed by atoms with E-state index in [1.165, 1.54) is 108 Å². The van der Waals surface area contributed by atoms with Crippen molar-refractivity contribution in [2.75, 3.05) is 6.54 Å². The maximum Gasteiger partial charge on any atom is 0.322 e. The van der Waals surface area contributed by atoms with Gasteiger partial charge in [-0.05, 0) is 37.4 Å². The first kappa shape index (κ1) is 26.3. The molecular weight excluding hydrogens is 370 g/mol. The smallest absolute Gasteiger partial charge is 0.322 e. The van der Waals surface area contributed by atoms with Crippen LogP contribution < -0.4 is 5.32 Å². The Morgan fingerprint density at radius 3 is 1.67 bits per heavy atom. The summed E-state index contributed by atoms with van der Waals surface area (Å²) < 4.78 is 0. The Morgan fingerprint density at radius 1 is 0.700 bits per heavy atom. The van der Waals surface area contributed by atoms with Crippen LogP contribution in [0.1, 0.15) is 108 Å². The summed E-state index contributed by atoms with van der Waals surface area (Å²) in [4.78, 5) is 10.3. The molecule has 1 rings (SSSR count). The van der Waals surface area contributed by atoms with E-state index >= 15 is 0 Å². The fourth-order valence-corrected chi connectivity index (χ4v) is 3.85.